The van der Waals surface area contributed by atoms with Crippen molar-refractivity contribution in [3.05, 3.63) is 27.1 Å². The second-order valence-electron chi connectivity index (χ2n) is 5.59. The minimum Gasteiger partial charge on any atom is -0.281 e. The topological polar surface area (TPSA) is 59.6 Å². The smallest absolute Gasteiger partial charge is 0.203 e. The molecule has 6 nitrogen and oxygen atoms in total. The Balaban J connectivity index is 1.93. The number of hydrogen-bond donors (Lipinski definition) is 0. The molecular formula is C13H16Cl2N4O2S2. The number of sulfone groups is 1. The fraction of sp³-hybridized carbons (Fsp3) is 0.538. The average Bonchev–Trinajstić information content (AvgIpc) is 2.98. The number of fused-ring (bicyclic) bond motifs is 1. The Morgan fingerprint density at radius 2 is 2.22 bits per heavy atom. The molecule has 0 unspecified atom stereocenters. The van der Waals surface area contributed by atoms with Crippen LogP contribution in [-0.4, -0.2) is 51.6 Å². The van der Waals surface area contributed by atoms with E-state index in [1.54, 1.807) is 21.3 Å². The van der Waals surface area contributed by atoms with Gasteiger partial charge >= 0.3 is 0 Å². The summed E-state index contributed by atoms with van der Waals surface area (Å²) in [4.78, 5) is 2.07. The van der Waals surface area contributed by atoms with E-state index in [9.17, 15) is 8.42 Å². The van der Waals surface area contributed by atoms with Crippen LogP contribution in [0.3, 0.4) is 0 Å². The third-order valence-corrected chi connectivity index (χ3v) is 6.69. The Kier molecular flexibility index (Phi) is 4.72. The summed E-state index contributed by atoms with van der Waals surface area (Å²) >= 11 is 17.6. The molecule has 1 atom stereocenters. The second kappa shape index (κ2) is 6.33. The van der Waals surface area contributed by atoms with E-state index in [0.29, 0.717) is 40.1 Å². The van der Waals surface area contributed by atoms with Crippen molar-refractivity contribution in [3.63, 3.8) is 0 Å². The zero-order valence-electron chi connectivity index (χ0n) is 12.4. The third-order valence-electron chi connectivity index (χ3n) is 4.05. The van der Waals surface area contributed by atoms with Gasteiger partial charge < -0.3 is 0 Å². The molecule has 0 saturated carbocycles. The van der Waals surface area contributed by atoms with Crippen LogP contribution in [0.5, 0.6) is 0 Å². The van der Waals surface area contributed by atoms with Gasteiger partial charge in [-0.3, -0.25) is 9.30 Å². The first-order valence-corrected chi connectivity index (χ1v) is 10.2. The highest BCUT2D eigenvalue weighted by Crippen LogP contribution is 2.22. The van der Waals surface area contributed by atoms with Crippen LogP contribution >= 0.6 is 35.4 Å². The van der Waals surface area contributed by atoms with Crippen LogP contribution in [0, 0.1) is 4.77 Å². The maximum absolute atomic E-state index is 11.7. The van der Waals surface area contributed by atoms with Gasteiger partial charge in [0.05, 0.1) is 28.2 Å². The first-order chi connectivity index (χ1) is 10.8. The van der Waals surface area contributed by atoms with Crippen LogP contribution in [-0.2, 0) is 16.5 Å². The molecule has 0 aromatic carbocycles. The minimum absolute atomic E-state index is 0.00391. The van der Waals surface area contributed by atoms with Gasteiger partial charge in [-0.25, -0.2) is 13.1 Å². The Labute approximate surface area is 149 Å². The van der Waals surface area contributed by atoms with Crippen LogP contribution in [0.4, 0.5) is 0 Å². The average molecular weight is 395 g/mol. The molecule has 2 aromatic rings. The van der Waals surface area contributed by atoms with E-state index in [2.05, 4.69) is 10.00 Å². The van der Waals surface area contributed by atoms with Crippen molar-refractivity contribution < 1.29 is 8.42 Å². The molecule has 3 heterocycles. The molecule has 23 heavy (non-hydrogen) atoms. The van der Waals surface area contributed by atoms with Gasteiger partial charge in [-0.05, 0) is 31.2 Å². The van der Waals surface area contributed by atoms with Crippen LogP contribution < -0.4 is 0 Å². The highest BCUT2D eigenvalue weighted by Gasteiger charge is 2.32. The summed E-state index contributed by atoms with van der Waals surface area (Å²) in [6.07, 6.45) is 2.31. The molecule has 126 valence electrons. The molecule has 1 fully saturated rings. The summed E-state index contributed by atoms with van der Waals surface area (Å²) in [5.41, 5.74) is 0.538. The summed E-state index contributed by atoms with van der Waals surface area (Å²) in [6, 6.07) is 1.61. The monoisotopic (exact) mass is 394 g/mol. The van der Waals surface area contributed by atoms with E-state index < -0.39 is 9.84 Å². The molecule has 3 rings (SSSR count). The van der Waals surface area contributed by atoms with Crippen molar-refractivity contribution >= 4 is 50.9 Å². The van der Waals surface area contributed by atoms with Gasteiger partial charge in [0.1, 0.15) is 0 Å². The van der Waals surface area contributed by atoms with E-state index in [4.69, 9.17) is 35.4 Å². The highest BCUT2D eigenvalue weighted by molar-refractivity contribution is 7.91. The molecule has 0 bridgehead atoms. The zero-order valence-corrected chi connectivity index (χ0v) is 15.6. The van der Waals surface area contributed by atoms with E-state index >= 15 is 0 Å². The number of rotatable bonds is 4. The molecular weight excluding hydrogens is 379 g/mol. The molecule has 1 saturated heterocycles. The Morgan fingerprint density at radius 1 is 1.48 bits per heavy atom. The van der Waals surface area contributed by atoms with E-state index in [1.807, 2.05) is 6.92 Å². The van der Waals surface area contributed by atoms with E-state index in [1.165, 1.54) is 0 Å². The van der Waals surface area contributed by atoms with Gasteiger partial charge in [0.2, 0.25) is 4.77 Å². The summed E-state index contributed by atoms with van der Waals surface area (Å²) in [5.74, 6) is 0.431. The van der Waals surface area contributed by atoms with Crippen molar-refractivity contribution in [1.82, 2.24) is 19.1 Å². The second-order valence-corrected chi connectivity index (χ2v) is 9.02. The normalized spacial score (nSPS) is 20.6. The van der Waals surface area contributed by atoms with Crippen molar-refractivity contribution in [1.29, 1.82) is 0 Å². The quantitative estimate of drug-likeness (QED) is 0.745. The lowest BCUT2D eigenvalue weighted by atomic mass is 10.2. The number of aromatic nitrogens is 3. The van der Waals surface area contributed by atoms with Gasteiger partial charge in [0, 0.05) is 12.2 Å². The van der Waals surface area contributed by atoms with Crippen LogP contribution in [0.15, 0.2) is 12.3 Å². The number of nitrogens with zero attached hydrogens (tertiary/aromatic N) is 4. The van der Waals surface area contributed by atoms with Gasteiger partial charge in [-0.15, -0.1) is 5.10 Å². The van der Waals surface area contributed by atoms with Gasteiger partial charge in [0.15, 0.2) is 15.5 Å². The summed E-state index contributed by atoms with van der Waals surface area (Å²) in [5, 5.41) is 5.35. The van der Waals surface area contributed by atoms with Crippen molar-refractivity contribution in [2.75, 3.05) is 18.1 Å². The third kappa shape index (κ3) is 3.41. The summed E-state index contributed by atoms with van der Waals surface area (Å²) in [6.45, 7) is 3.13. The van der Waals surface area contributed by atoms with Crippen molar-refractivity contribution in [2.24, 2.45) is 0 Å². The first-order valence-electron chi connectivity index (χ1n) is 7.19. The lowest BCUT2D eigenvalue weighted by Crippen LogP contribution is -2.37. The first kappa shape index (κ1) is 17.2. The number of halogens is 2. The number of hydrogen-bond acceptors (Lipinski definition) is 5. The van der Waals surface area contributed by atoms with Crippen LogP contribution in [0.2, 0.25) is 10.0 Å². The van der Waals surface area contributed by atoms with E-state index in [0.717, 1.165) is 0 Å². The molecule has 0 spiro atoms. The number of pyridine rings is 1. The summed E-state index contributed by atoms with van der Waals surface area (Å²) < 4.78 is 27.2. The molecule has 1 aliphatic rings. The Morgan fingerprint density at radius 3 is 2.83 bits per heavy atom. The summed E-state index contributed by atoms with van der Waals surface area (Å²) in [7, 11) is -2.93. The predicted octanol–water partition coefficient (Wildman–Crippen LogP) is 2.64. The van der Waals surface area contributed by atoms with Gasteiger partial charge in [0.25, 0.3) is 0 Å². The SMILES string of the molecule is CCN(Cn1nc2c(Cl)cc(Cl)cn2c1=S)[C@@H]1CCS(=O)(=O)C1. The lowest BCUT2D eigenvalue weighted by Gasteiger charge is -2.25. The Hall–Kier alpha value is -0.670. The fourth-order valence-electron chi connectivity index (χ4n) is 2.85. The molecule has 0 amide bonds. The van der Waals surface area contributed by atoms with Crippen LogP contribution in [0.1, 0.15) is 13.3 Å². The van der Waals surface area contributed by atoms with Gasteiger partial charge in [-0.2, -0.15) is 0 Å². The predicted molar refractivity (Wildman–Crippen MR) is 93.5 cm³/mol. The standard InChI is InChI=1S/C13H16Cl2N4O2S2/c1-2-17(10-3-4-23(20,21)7-10)8-19-13(22)18-6-9(14)5-11(15)12(18)16-19/h5-6,10H,2-4,7-8H2,1H3/t10-/m1/s1. The van der Waals surface area contributed by atoms with Gasteiger partial charge in [-0.1, -0.05) is 30.1 Å². The Bertz CT molecular complexity index is 907. The zero-order chi connectivity index (χ0) is 16.8. The molecule has 0 N–H and O–H groups in total. The van der Waals surface area contributed by atoms with Crippen molar-refractivity contribution in [3.8, 4) is 0 Å². The maximum Gasteiger partial charge on any atom is 0.203 e. The molecule has 2 aromatic heterocycles. The fourth-order valence-corrected chi connectivity index (χ4v) is 5.36. The minimum atomic E-state index is -2.93. The van der Waals surface area contributed by atoms with Crippen LogP contribution in [0.25, 0.3) is 5.65 Å². The maximum atomic E-state index is 11.7. The molecule has 0 aliphatic carbocycles. The van der Waals surface area contributed by atoms with Crippen molar-refractivity contribution in [2.45, 2.75) is 26.1 Å². The molecule has 10 heteroatoms. The lowest BCUT2D eigenvalue weighted by molar-refractivity contribution is 0.164. The van der Waals surface area contributed by atoms with E-state index in [-0.39, 0.29) is 17.5 Å². The largest absolute Gasteiger partial charge is 0.281 e. The molecule has 0 radical (unpaired) electrons. The molecule has 1 aliphatic heterocycles. The highest BCUT2D eigenvalue weighted by atomic mass is 35.5.